The number of anilines is 2. The van der Waals surface area contributed by atoms with Crippen molar-refractivity contribution in [3.63, 3.8) is 0 Å². The van der Waals surface area contributed by atoms with Crippen LogP contribution in [0.1, 0.15) is 25.3 Å². The maximum atomic E-state index is 13.0. The average molecular weight is 496 g/mol. The predicted octanol–water partition coefficient (Wildman–Crippen LogP) is 3.13. The molecule has 0 spiro atoms. The molecule has 0 aromatic heterocycles. The number of hydrogen-bond acceptors (Lipinski definition) is 6. The minimum atomic E-state index is -3.77. The van der Waals surface area contributed by atoms with Crippen LogP contribution in [0.2, 0.25) is 0 Å². The van der Waals surface area contributed by atoms with Gasteiger partial charge in [-0.2, -0.15) is 0 Å². The second kappa shape index (κ2) is 10.0. The van der Waals surface area contributed by atoms with Gasteiger partial charge in [0.25, 0.3) is 0 Å². The van der Waals surface area contributed by atoms with Crippen molar-refractivity contribution < 1.29 is 21.6 Å². The number of methoxy groups -OCH3 is 1. The van der Waals surface area contributed by atoms with Crippen molar-refractivity contribution in [1.82, 2.24) is 4.31 Å². The Hall–Kier alpha value is -2.14. The topological polar surface area (TPSA) is 96.0 Å². The van der Waals surface area contributed by atoms with E-state index >= 15 is 0 Å². The molecule has 1 N–H and O–H groups in total. The van der Waals surface area contributed by atoms with Crippen LogP contribution in [0.15, 0.2) is 53.4 Å². The van der Waals surface area contributed by atoms with E-state index in [4.69, 9.17) is 4.74 Å². The van der Waals surface area contributed by atoms with Crippen LogP contribution in [0.3, 0.4) is 0 Å². The number of rotatable bonds is 9. The van der Waals surface area contributed by atoms with Crippen LogP contribution in [0.5, 0.6) is 0 Å². The first-order valence-electron chi connectivity index (χ1n) is 10.8. The summed E-state index contributed by atoms with van der Waals surface area (Å²) in [6, 6.07) is 13.4. The normalized spacial score (nSPS) is 16.7. The van der Waals surface area contributed by atoms with Gasteiger partial charge in [0.1, 0.15) is 0 Å². The molecule has 33 heavy (non-hydrogen) atoms. The molecule has 0 saturated carbocycles. The highest BCUT2D eigenvalue weighted by atomic mass is 32.2. The van der Waals surface area contributed by atoms with Gasteiger partial charge < -0.3 is 9.64 Å². The lowest BCUT2D eigenvalue weighted by Gasteiger charge is -2.40. The van der Waals surface area contributed by atoms with Gasteiger partial charge in [0.15, 0.2) is 0 Å². The predicted molar refractivity (Wildman–Crippen MR) is 131 cm³/mol. The molecule has 0 bridgehead atoms. The van der Waals surface area contributed by atoms with E-state index in [1.807, 2.05) is 12.1 Å². The molecule has 2 aromatic carbocycles. The maximum absolute atomic E-state index is 13.0. The van der Waals surface area contributed by atoms with E-state index in [0.29, 0.717) is 17.9 Å². The molecule has 0 aliphatic carbocycles. The van der Waals surface area contributed by atoms with Gasteiger partial charge in [-0.05, 0) is 48.1 Å². The molecule has 1 aliphatic rings. The number of benzene rings is 2. The second-order valence-corrected chi connectivity index (χ2v) is 12.9. The Morgan fingerprint density at radius 1 is 1.03 bits per heavy atom. The molecule has 8 nitrogen and oxygen atoms in total. The van der Waals surface area contributed by atoms with Crippen LogP contribution in [-0.4, -0.2) is 62.0 Å². The summed E-state index contributed by atoms with van der Waals surface area (Å²) in [5, 5.41) is 0. The molecule has 1 aliphatic heterocycles. The summed E-state index contributed by atoms with van der Waals surface area (Å²) >= 11 is 0. The lowest BCUT2D eigenvalue weighted by molar-refractivity contribution is 0.0731. The Morgan fingerprint density at radius 2 is 1.70 bits per heavy atom. The molecule has 1 fully saturated rings. The Balaban J connectivity index is 1.77. The van der Waals surface area contributed by atoms with E-state index < -0.39 is 20.0 Å². The van der Waals surface area contributed by atoms with E-state index in [0.717, 1.165) is 35.9 Å². The summed E-state index contributed by atoms with van der Waals surface area (Å²) in [6.07, 6.45) is 1.91. The fraction of sp³-hybridized carbons (Fsp3) is 0.478. The van der Waals surface area contributed by atoms with Gasteiger partial charge >= 0.3 is 0 Å². The maximum Gasteiger partial charge on any atom is 0.242 e. The fourth-order valence-electron chi connectivity index (χ4n) is 4.05. The third-order valence-corrected chi connectivity index (χ3v) is 9.06. The van der Waals surface area contributed by atoms with Crippen molar-refractivity contribution in [3.8, 4) is 0 Å². The number of hydrogen-bond donors (Lipinski definition) is 1. The Labute approximate surface area is 197 Å². The SMILES string of the molecule is COCC1(C)CCN(c2ccccc2NS(=O)(=O)Cc2cccc(S(=O)(=O)N(C)C)c2)CC1. The van der Waals surface area contributed by atoms with Crippen molar-refractivity contribution in [1.29, 1.82) is 0 Å². The minimum absolute atomic E-state index is 0.0630. The first kappa shape index (κ1) is 25.5. The molecular formula is C23H33N3O5S2. The zero-order chi connectivity index (χ0) is 24.3. The first-order valence-corrected chi connectivity index (χ1v) is 13.9. The lowest BCUT2D eigenvalue weighted by atomic mass is 9.81. The largest absolute Gasteiger partial charge is 0.384 e. The smallest absolute Gasteiger partial charge is 0.242 e. The quantitative estimate of drug-likeness (QED) is 0.574. The zero-order valence-corrected chi connectivity index (χ0v) is 21.2. The highest BCUT2D eigenvalue weighted by Gasteiger charge is 2.31. The van der Waals surface area contributed by atoms with Crippen molar-refractivity contribution in [2.45, 2.75) is 30.4 Å². The molecule has 1 saturated heterocycles. The molecule has 1 heterocycles. The second-order valence-electron chi connectivity index (χ2n) is 9.04. The van der Waals surface area contributed by atoms with Gasteiger partial charge in [0.2, 0.25) is 20.0 Å². The molecule has 182 valence electrons. The van der Waals surface area contributed by atoms with Crippen molar-refractivity contribution >= 4 is 31.4 Å². The summed E-state index contributed by atoms with van der Waals surface area (Å²) < 4.78 is 59.9. The van der Waals surface area contributed by atoms with Crippen LogP contribution in [0.25, 0.3) is 0 Å². The summed E-state index contributed by atoms with van der Waals surface area (Å²) in [4.78, 5) is 2.26. The lowest BCUT2D eigenvalue weighted by Crippen LogP contribution is -2.41. The van der Waals surface area contributed by atoms with Gasteiger partial charge in [-0.15, -0.1) is 0 Å². The number of nitrogens with one attached hydrogen (secondary N) is 1. The fourth-order valence-corrected chi connectivity index (χ4v) is 6.22. The van der Waals surface area contributed by atoms with Gasteiger partial charge in [0.05, 0.1) is 28.6 Å². The molecule has 0 radical (unpaired) electrons. The summed E-state index contributed by atoms with van der Waals surface area (Å²) in [5.41, 5.74) is 1.88. The monoisotopic (exact) mass is 495 g/mol. The summed E-state index contributed by atoms with van der Waals surface area (Å²) in [6.45, 7) is 4.54. The van der Waals surface area contributed by atoms with E-state index in [-0.39, 0.29) is 16.1 Å². The molecular weight excluding hydrogens is 462 g/mol. The molecule has 3 rings (SSSR count). The first-order chi connectivity index (χ1) is 15.5. The zero-order valence-electron chi connectivity index (χ0n) is 19.6. The van der Waals surface area contributed by atoms with Crippen molar-refractivity contribution in [2.75, 3.05) is 50.5 Å². The number of piperidine rings is 1. The summed E-state index contributed by atoms with van der Waals surface area (Å²) in [5.74, 6) is -0.329. The van der Waals surface area contributed by atoms with Crippen LogP contribution in [-0.2, 0) is 30.5 Å². The number of nitrogens with zero attached hydrogens (tertiary/aromatic N) is 2. The standard InChI is InChI=1S/C23H33N3O5S2/c1-23(18-31-4)12-14-26(15-13-23)22-11-6-5-10-21(22)24-32(27,28)17-19-8-7-9-20(16-19)33(29,30)25(2)3/h5-11,16,24H,12-15,17-18H2,1-4H3. The Bertz CT molecular complexity index is 1170. The summed E-state index contributed by atoms with van der Waals surface area (Å²) in [7, 11) is -2.82. The highest BCUT2D eigenvalue weighted by molar-refractivity contribution is 7.92. The molecule has 0 atom stereocenters. The van der Waals surface area contributed by atoms with Gasteiger partial charge in [0, 0.05) is 34.3 Å². The minimum Gasteiger partial charge on any atom is -0.384 e. The van der Waals surface area contributed by atoms with Gasteiger partial charge in [-0.25, -0.2) is 21.1 Å². The molecule has 10 heteroatoms. The van der Waals surface area contributed by atoms with Gasteiger partial charge in [-0.1, -0.05) is 31.2 Å². The van der Waals surface area contributed by atoms with Gasteiger partial charge in [-0.3, -0.25) is 4.72 Å². The van der Waals surface area contributed by atoms with E-state index in [1.165, 1.54) is 26.2 Å². The molecule has 2 aromatic rings. The van der Waals surface area contributed by atoms with Crippen molar-refractivity contribution in [2.24, 2.45) is 5.41 Å². The third-order valence-electron chi connectivity index (χ3n) is 6.01. The van der Waals surface area contributed by atoms with E-state index in [9.17, 15) is 16.8 Å². The number of sulfonamides is 2. The van der Waals surface area contributed by atoms with E-state index in [2.05, 4.69) is 16.5 Å². The van der Waals surface area contributed by atoms with Crippen LogP contribution in [0, 0.1) is 5.41 Å². The highest BCUT2D eigenvalue weighted by Crippen LogP contribution is 2.36. The van der Waals surface area contributed by atoms with E-state index in [1.54, 1.807) is 31.4 Å². The van der Waals surface area contributed by atoms with Crippen LogP contribution < -0.4 is 9.62 Å². The molecule has 0 amide bonds. The number of ether oxygens (including phenoxy) is 1. The molecule has 0 unspecified atom stereocenters. The van der Waals surface area contributed by atoms with Crippen LogP contribution >= 0.6 is 0 Å². The Morgan fingerprint density at radius 3 is 2.33 bits per heavy atom. The average Bonchev–Trinajstić information content (AvgIpc) is 2.74. The van der Waals surface area contributed by atoms with Crippen molar-refractivity contribution in [3.05, 3.63) is 54.1 Å². The van der Waals surface area contributed by atoms with Crippen LogP contribution in [0.4, 0.5) is 11.4 Å². The number of para-hydroxylation sites is 2. The third kappa shape index (κ3) is 6.26. The Kier molecular flexibility index (Phi) is 7.73.